The molecule has 1 aromatic heterocycles. The fraction of sp³-hybridized carbons (Fsp3) is 0.250. The molecule has 0 amide bonds. The molecular formula is C28H27N5O4S. The number of fused-ring (bicyclic) bond motifs is 3. The van der Waals surface area contributed by atoms with Crippen molar-refractivity contribution in [3.63, 3.8) is 0 Å². The highest BCUT2D eigenvalue weighted by atomic mass is 32.2. The molecule has 0 unspecified atom stereocenters. The Morgan fingerprint density at radius 3 is 2.32 bits per heavy atom. The van der Waals surface area contributed by atoms with Crippen LogP contribution in [-0.2, 0) is 16.4 Å². The van der Waals surface area contributed by atoms with Gasteiger partial charge in [-0.2, -0.15) is 9.40 Å². The number of aryl methyl sites for hydroxylation is 2. The molecule has 0 N–H and O–H groups in total. The Balaban J connectivity index is 1.22. The normalized spacial score (nSPS) is 15.4. The Morgan fingerprint density at radius 2 is 1.61 bits per heavy atom. The molecule has 3 aromatic carbocycles. The van der Waals surface area contributed by atoms with Crippen molar-refractivity contribution >= 4 is 21.4 Å². The third kappa shape index (κ3) is 4.06. The third-order valence-corrected chi connectivity index (χ3v) is 9.29. The first kappa shape index (κ1) is 24.3. The molecule has 1 aliphatic heterocycles. The first-order valence-electron chi connectivity index (χ1n) is 12.5. The van der Waals surface area contributed by atoms with E-state index < -0.39 is 14.9 Å². The maximum Gasteiger partial charge on any atom is 0.295 e. The molecule has 194 valence electrons. The van der Waals surface area contributed by atoms with Gasteiger partial charge in [-0.3, -0.25) is 10.1 Å². The van der Waals surface area contributed by atoms with E-state index in [2.05, 4.69) is 22.1 Å². The van der Waals surface area contributed by atoms with Crippen molar-refractivity contribution in [2.75, 3.05) is 31.1 Å². The van der Waals surface area contributed by atoms with Crippen LogP contribution in [0.4, 0.5) is 11.4 Å². The molecule has 9 nitrogen and oxygen atoms in total. The quantitative estimate of drug-likeness (QED) is 0.246. The van der Waals surface area contributed by atoms with Crippen LogP contribution in [-0.4, -0.2) is 53.6 Å². The van der Waals surface area contributed by atoms with Crippen LogP contribution in [0.3, 0.4) is 0 Å². The van der Waals surface area contributed by atoms with Gasteiger partial charge in [0, 0.05) is 43.6 Å². The number of nitro groups is 1. The summed E-state index contributed by atoms with van der Waals surface area (Å²) in [5, 5.41) is 16.1. The van der Waals surface area contributed by atoms with Crippen LogP contribution in [0.2, 0.25) is 0 Å². The largest absolute Gasteiger partial charge is 0.369 e. The van der Waals surface area contributed by atoms with Crippen LogP contribution < -0.4 is 4.90 Å². The van der Waals surface area contributed by atoms with Crippen LogP contribution in [0.5, 0.6) is 0 Å². The Labute approximate surface area is 221 Å². The molecule has 2 aliphatic rings. The van der Waals surface area contributed by atoms with Gasteiger partial charge in [0.05, 0.1) is 15.5 Å². The summed E-state index contributed by atoms with van der Waals surface area (Å²) in [5.41, 5.74) is 7.26. The van der Waals surface area contributed by atoms with Crippen LogP contribution >= 0.6 is 0 Å². The van der Waals surface area contributed by atoms with Gasteiger partial charge in [0.2, 0.25) is 10.0 Å². The fourth-order valence-electron chi connectivity index (χ4n) is 5.52. The number of benzene rings is 3. The average molecular weight is 530 g/mol. The van der Waals surface area contributed by atoms with Crippen molar-refractivity contribution in [1.29, 1.82) is 0 Å². The van der Waals surface area contributed by atoms with E-state index in [4.69, 9.17) is 0 Å². The molecular weight excluding hydrogens is 502 g/mol. The number of nitro benzene ring substituents is 1. The zero-order chi connectivity index (χ0) is 26.6. The molecule has 1 fully saturated rings. The van der Waals surface area contributed by atoms with E-state index in [0.29, 0.717) is 36.8 Å². The zero-order valence-electron chi connectivity index (χ0n) is 21.2. The number of hydrogen-bond donors (Lipinski definition) is 0. The van der Waals surface area contributed by atoms with E-state index in [1.807, 2.05) is 44.2 Å². The van der Waals surface area contributed by atoms with E-state index in [0.717, 1.165) is 34.6 Å². The molecule has 4 aromatic rings. The Hall–Kier alpha value is -4.02. The number of hydrogen-bond acceptors (Lipinski definition) is 6. The van der Waals surface area contributed by atoms with E-state index in [1.165, 1.54) is 21.5 Å². The lowest BCUT2D eigenvalue weighted by Gasteiger charge is -2.35. The van der Waals surface area contributed by atoms with Crippen molar-refractivity contribution in [3.05, 3.63) is 99.4 Å². The SMILES string of the molecule is Cc1cc(C)n(-c2cc(N3CCN(S(=O)(=O)c4ccc5c(c4)Cc4ccccc4-5)CC3)ccc2[N+](=O)[O-])n1. The molecule has 38 heavy (non-hydrogen) atoms. The second-order valence-corrected chi connectivity index (χ2v) is 11.8. The first-order chi connectivity index (χ1) is 18.2. The Kier molecular flexibility index (Phi) is 5.81. The van der Waals surface area contributed by atoms with Crippen molar-refractivity contribution in [2.45, 2.75) is 25.2 Å². The number of rotatable bonds is 5. The van der Waals surface area contributed by atoms with E-state index >= 15 is 0 Å². The predicted octanol–water partition coefficient (Wildman–Crippen LogP) is 4.48. The second-order valence-electron chi connectivity index (χ2n) is 9.81. The Morgan fingerprint density at radius 1 is 0.868 bits per heavy atom. The van der Waals surface area contributed by atoms with Crippen LogP contribution in [0.25, 0.3) is 16.8 Å². The molecule has 6 rings (SSSR count). The number of sulfonamides is 1. The standard InChI is InChI=1S/C28H27N5O4S/c1-19-15-20(2)32(29-19)28-18-23(7-10-27(28)33(34)35)30-11-13-31(14-12-30)38(36,37)24-8-9-26-22(17-24)16-21-5-3-4-6-25(21)26/h3-10,15,17-18H,11-14,16H2,1-2H3. The van der Waals surface area contributed by atoms with Crippen molar-refractivity contribution in [1.82, 2.24) is 14.1 Å². The monoisotopic (exact) mass is 529 g/mol. The molecule has 0 saturated carbocycles. The number of aromatic nitrogens is 2. The van der Waals surface area contributed by atoms with Gasteiger partial charge < -0.3 is 4.90 Å². The minimum absolute atomic E-state index is 0.0278. The summed E-state index contributed by atoms with van der Waals surface area (Å²) in [5.74, 6) is 0. The van der Waals surface area contributed by atoms with Crippen molar-refractivity contribution in [3.8, 4) is 16.8 Å². The van der Waals surface area contributed by atoms with Crippen LogP contribution in [0, 0.1) is 24.0 Å². The first-order valence-corrected chi connectivity index (χ1v) is 13.9. The number of piperazine rings is 1. The highest BCUT2D eigenvalue weighted by molar-refractivity contribution is 7.89. The molecule has 2 heterocycles. The Bertz CT molecular complexity index is 1690. The summed E-state index contributed by atoms with van der Waals surface area (Å²) in [6.07, 6.45) is 0.736. The van der Waals surface area contributed by atoms with Gasteiger partial charge >= 0.3 is 0 Å². The average Bonchev–Trinajstić information content (AvgIpc) is 3.46. The molecule has 10 heteroatoms. The topological polar surface area (TPSA) is 102 Å². The van der Waals surface area contributed by atoms with Gasteiger partial charge in [0.25, 0.3) is 5.69 Å². The molecule has 0 spiro atoms. The summed E-state index contributed by atoms with van der Waals surface area (Å²) in [6, 6.07) is 20.5. The molecule has 1 aliphatic carbocycles. The predicted molar refractivity (Wildman–Crippen MR) is 145 cm³/mol. The lowest BCUT2D eigenvalue weighted by atomic mass is 10.1. The summed E-state index contributed by atoms with van der Waals surface area (Å²) in [4.78, 5) is 13.7. The lowest BCUT2D eigenvalue weighted by molar-refractivity contribution is -0.384. The van der Waals surface area contributed by atoms with Crippen LogP contribution in [0.1, 0.15) is 22.5 Å². The summed E-state index contributed by atoms with van der Waals surface area (Å²) < 4.78 is 30.2. The minimum Gasteiger partial charge on any atom is -0.369 e. The van der Waals surface area contributed by atoms with Gasteiger partial charge in [-0.15, -0.1) is 0 Å². The van der Waals surface area contributed by atoms with Gasteiger partial charge in [-0.25, -0.2) is 13.1 Å². The van der Waals surface area contributed by atoms with Crippen molar-refractivity contribution in [2.24, 2.45) is 0 Å². The summed E-state index contributed by atoms with van der Waals surface area (Å²) in [7, 11) is -3.65. The zero-order valence-corrected chi connectivity index (χ0v) is 22.0. The van der Waals surface area contributed by atoms with Gasteiger partial charge in [-0.1, -0.05) is 30.3 Å². The molecule has 0 atom stereocenters. The summed E-state index contributed by atoms with van der Waals surface area (Å²) in [6.45, 7) is 5.31. The minimum atomic E-state index is -3.65. The maximum atomic E-state index is 13.5. The lowest BCUT2D eigenvalue weighted by Crippen LogP contribution is -2.48. The second kappa shape index (κ2) is 9.07. The highest BCUT2D eigenvalue weighted by Crippen LogP contribution is 2.38. The number of nitrogens with zero attached hydrogens (tertiary/aromatic N) is 5. The highest BCUT2D eigenvalue weighted by Gasteiger charge is 2.31. The van der Waals surface area contributed by atoms with Gasteiger partial charge in [0.15, 0.2) is 0 Å². The number of anilines is 1. The third-order valence-electron chi connectivity index (χ3n) is 7.40. The molecule has 0 radical (unpaired) electrons. The maximum absolute atomic E-state index is 13.5. The molecule has 1 saturated heterocycles. The van der Waals surface area contributed by atoms with E-state index in [-0.39, 0.29) is 5.69 Å². The smallest absolute Gasteiger partial charge is 0.295 e. The van der Waals surface area contributed by atoms with Crippen molar-refractivity contribution < 1.29 is 13.3 Å². The summed E-state index contributed by atoms with van der Waals surface area (Å²) >= 11 is 0. The van der Waals surface area contributed by atoms with Crippen LogP contribution in [0.15, 0.2) is 71.6 Å². The van der Waals surface area contributed by atoms with E-state index in [1.54, 1.807) is 22.9 Å². The van der Waals surface area contributed by atoms with Gasteiger partial charge in [0.1, 0.15) is 5.69 Å². The van der Waals surface area contributed by atoms with Gasteiger partial charge in [-0.05, 0) is 72.9 Å². The van der Waals surface area contributed by atoms with E-state index in [9.17, 15) is 18.5 Å². The molecule has 0 bridgehead atoms. The fourth-order valence-corrected chi connectivity index (χ4v) is 7.00.